The van der Waals surface area contributed by atoms with E-state index in [0.717, 1.165) is 24.3 Å². The topological polar surface area (TPSA) is 50.7 Å². The van der Waals surface area contributed by atoms with E-state index >= 15 is 0 Å². The molecule has 1 aliphatic rings. The summed E-state index contributed by atoms with van der Waals surface area (Å²) in [5, 5.41) is 4.33. The molecule has 0 aliphatic heterocycles. The molecule has 0 unspecified atom stereocenters. The van der Waals surface area contributed by atoms with Crippen molar-refractivity contribution in [2.24, 2.45) is 16.4 Å². The Morgan fingerprint density at radius 1 is 1.33 bits per heavy atom. The SMILES string of the molecule is COc1ccc(C(=O)N/N=C2/C[C@H](C)CC(C)(C)C2)cc1. The first-order chi connectivity index (χ1) is 9.89. The Hall–Kier alpha value is -1.84. The zero-order valence-corrected chi connectivity index (χ0v) is 13.3. The second-order valence-corrected chi connectivity index (χ2v) is 6.70. The van der Waals surface area contributed by atoms with Crippen LogP contribution in [0.15, 0.2) is 29.4 Å². The molecule has 1 aromatic rings. The van der Waals surface area contributed by atoms with Gasteiger partial charge in [0.25, 0.3) is 5.91 Å². The summed E-state index contributed by atoms with van der Waals surface area (Å²) in [4.78, 5) is 12.1. The number of amides is 1. The van der Waals surface area contributed by atoms with Gasteiger partial charge in [-0.2, -0.15) is 5.10 Å². The van der Waals surface area contributed by atoms with Crippen molar-refractivity contribution in [1.82, 2.24) is 5.43 Å². The van der Waals surface area contributed by atoms with Crippen LogP contribution in [0.25, 0.3) is 0 Å². The zero-order chi connectivity index (χ0) is 15.5. The third kappa shape index (κ3) is 4.31. The van der Waals surface area contributed by atoms with E-state index in [1.165, 1.54) is 6.42 Å². The monoisotopic (exact) mass is 288 g/mol. The first-order valence-electron chi connectivity index (χ1n) is 7.39. The van der Waals surface area contributed by atoms with E-state index in [4.69, 9.17) is 4.74 Å². The predicted octanol–water partition coefficient (Wildman–Crippen LogP) is 3.63. The summed E-state index contributed by atoms with van der Waals surface area (Å²) in [5.74, 6) is 1.17. The van der Waals surface area contributed by atoms with Gasteiger partial charge in [-0.1, -0.05) is 20.8 Å². The summed E-state index contributed by atoms with van der Waals surface area (Å²) in [6, 6.07) is 7.02. The van der Waals surface area contributed by atoms with Crippen molar-refractivity contribution < 1.29 is 9.53 Å². The quantitative estimate of drug-likeness (QED) is 0.863. The van der Waals surface area contributed by atoms with Gasteiger partial charge >= 0.3 is 0 Å². The van der Waals surface area contributed by atoms with Crippen LogP contribution in [0.5, 0.6) is 5.75 Å². The van der Waals surface area contributed by atoms with E-state index in [0.29, 0.717) is 11.5 Å². The van der Waals surface area contributed by atoms with Gasteiger partial charge in [0.1, 0.15) is 5.75 Å². The van der Waals surface area contributed by atoms with E-state index in [-0.39, 0.29) is 11.3 Å². The van der Waals surface area contributed by atoms with E-state index in [1.807, 2.05) is 0 Å². The summed E-state index contributed by atoms with van der Waals surface area (Å²) in [7, 11) is 1.60. The molecule has 114 valence electrons. The molecule has 21 heavy (non-hydrogen) atoms. The molecule has 1 amide bonds. The number of hydrazone groups is 1. The lowest BCUT2D eigenvalue weighted by molar-refractivity contribution is 0.0954. The molecule has 0 heterocycles. The van der Waals surface area contributed by atoms with E-state index < -0.39 is 0 Å². The molecular weight excluding hydrogens is 264 g/mol. The van der Waals surface area contributed by atoms with Crippen molar-refractivity contribution in [3.05, 3.63) is 29.8 Å². The van der Waals surface area contributed by atoms with Gasteiger partial charge < -0.3 is 4.74 Å². The number of ether oxygens (including phenoxy) is 1. The van der Waals surface area contributed by atoms with Crippen LogP contribution in [-0.4, -0.2) is 18.7 Å². The van der Waals surface area contributed by atoms with E-state index in [1.54, 1.807) is 31.4 Å². The van der Waals surface area contributed by atoms with Crippen LogP contribution in [0.4, 0.5) is 0 Å². The Bertz CT molecular complexity index is 532. The highest BCUT2D eigenvalue weighted by molar-refractivity contribution is 5.95. The van der Waals surface area contributed by atoms with Gasteiger partial charge in [-0.05, 0) is 54.9 Å². The highest BCUT2D eigenvalue weighted by atomic mass is 16.5. The van der Waals surface area contributed by atoms with Gasteiger partial charge in [0.15, 0.2) is 0 Å². The van der Waals surface area contributed by atoms with Gasteiger partial charge in [-0.25, -0.2) is 5.43 Å². The van der Waals surface area contributed by atoms with Crippen molar-refractivity contribution in [3.63, 3.8) is 0 Å². The standard InChI is InChI=1S/C17H24N2O2/c1-12-9-14(11-17(2,3)10-12)18-19-16(20)13-5-7-15(21-4)8-6-13/h5-8,12H,9-11H2,1-4H3,(H,19,20)/b18-14-/t12-/m0/s1. The van der Waals surface area contributed by atoms with Crippen LogP contribution < -0.4 is 10.2 Å². The van der Waals surface area contributed by atoms with Crippen molar-refractivity contribution in [1.29, 1.82) is 0 Å². The van der Waals surface area contributed by atoms with Gasteiger partial charge in [0.2, 0.25) is 0 Å². The molecule has 0 aromatic heterocycles. The number of benzene rings is 1. The Balaban J connectivity index is 2.00. The molecule has 1 aromatic carbocycles. The lowest BCUT2D eigenvalue weighted by atomic mass is 9.72. The van der Waals surface area contributed by atoms with Crippen LogP contribution in [0.3, 0.4) is 0 Å². The number of carbonyl (C=O) groups is 1. The van der Waals surface area contributed by atoms with E-state index in [2.05, 4.69) is 31.3 Å². The number of hydrogen-bond acceptors (Lipinski definition) is 3. The largest absolute Gasteiger partial charge is 0.497 e. The maximum Gasteiger partial charge on any atom is 0.271 e. The number of nitrogens with zero attached hydrogens (tertiary/aromatic N) is 1. The second-order valence-electron chi connectivity index (χ2n) is 6.70. The maximum absolute atomic E-state index is 12.1. The Labute approximate surface area is 126 Å². The molecule has 1 N–H and O–H groups in total. The molecule has 1 saturated carbocycles. The summed E-state index contributed by atoms with van der Waals surface area (Å²) in [5.41, 5.74) is 4.61. The fraction of sp³-hybridized carbons (Fsp3) is 0.529. The van der Waals surface area contributed by atoms with Crippen molar-refractivity contribution in [3.8, 4) is 5.75 Å². The zero-order valence-electron chi connectivity index (χ0n) is 13.3. The summed E-state index contributed by atoms with van der Waals surface area (Å²) < 4.78 is 5.08. The lowest BCUT2D eigenvalue weighted by Gasteiger charge is -2.34. The van der Waals surface area contributed by atoms with Crippen LogP contribution in [-0.2, 0) is 0 Å². The van der Waals surface area contributed by atoms with Gasteiger partial charge in [0, 0.05) is 11.3 Å². The van der Waals surface area contributed by atoms with Crippen LogP contribution in [0.2, 0.25) is 0 Å². The first kappa shape index (κ1) is 15.5. The Morgan fingerprint density at radius 2 is 2.00 bits per heavy atom. The molecule has 0 saturated heterocycles. The number of carbonyl (C=O) groups excluding carboxylic acids is 1. The van der Waals surface area contributed by atoms with Crippen LogP contribution in [0, 0.1) is 11.3 Å². The molecule has 0 radical (unpaired) electrons. The Morgan fingerprint density at radius 3 is 2.57 bits per heavy atom. The second kappa shape index (κ2) is 6.29. The van der Waals surface area contributed by atoms with Crippen molar-refractivity contribution >= 4 is 11.6 Å². The highest BCUT2D eigenvalue weighted by Gasteiger charge is 2.29. The third-order valence-electron chi connectivity index (χ3n) is 3.84. The number of nitrogens with one attached hydrogen (secondary N) is 1. The lowest BCUT2D eigenvalue weighted by Crippen LogP contribution is -2.30. The number of methoxy groups -OCH3 is 1. The average molecular weight is 288 g/mol. The molecule has 0 bridgehead atoms. The smallest absolute Gasteiger partial charge is 0.271 e. The molecule has 2 rings (SSSR count). The maximum atomic E-state index is 12.1. The molecule has 4 nitrogen and oxygen atoms in total. The molecule has 0 spiro atoms. The molecule has 1 fully saturated rings. The van der Waals surface area contributed by atoms with Crippen LogP contribution in [0.1, 0.15) is 50.4 Å². The van der Waals surface area contributed by atoms with Crippen LogP contribution >= 0.6 is 0 Å². The minimum Gasteiger partial charge on any atom is -0.497 e. The van der Waals surface area contributed by atoms with Gasteiger partial charge in [0.05, 0.1) is 7.11 Å². The van der Waals surface area contributed by atoms with Gasteiger partial charge in [-0.15, -0.1) is 0 Å². The summed E-state index contributed by atoms with van der Waals surface area (Å²) in [6.07, 6.45) is 3.12. The van der Waals surface area contributed by atoms with Gasteiger partial charge in [-0.3, -0.25) is 4.79 Å². The minimum atomic E-state index is -0.179. The first-order valence-corrected chi connectivity index (χ1v) is 7.39. The average Bonchev–Trinajstić information content (AvgIpc) is 2.43. The molecular formula is C17H24N2O2. The predicted molar refractivity (Wildman–Crippen MR) is 84.7 cm³/mol. The third-order valence-corrected chi connectivity index (χ3v) is 3.84. The highest BCUT2D eigenvalue weighted by Crippen LogP contribution is 2.36. The molecule has 1 atom stereocenters. The normalized spacial score (nSPS) is 22.9. The minimum absolute atomic E-state index is 0.179. The van der Waals surface area contributed by atoms with Crippen molar-refractivity contribution in [2.75, 3.05) is 7.11 Å². The summed E-state index contributed by atoms with van der Waals surface area (Å²) >= 11 is 0. The fourth-order valence-electron chi connectivity index (χ4n) is 3.14. The Kier molecular flexibility index (Phi) is 4.66. The molecule has 4 heteroatoms. The number of rotatable bonds is 3. The van der Waals surface area contributed by atoms with Crippen molar-refractivity contribution in [2.45, 2.75) is 40.0 Å². The summed E-state index contributed by atoms with van der Waals surface area (Å²) in [6.45, 7) is 6.74. The molecule has 1 aliphatic carbocycles. The van der Waals surface area contributed by atoms with E-state index in [9.17, 15) is 4.79 Å². The fourth-order valence-corrected chi connectivity index (χ4v) is 3.14. The number of hydrogen-bond donors (Lipinski definition) is 1.